The normalized spacial score (nSPS) is 12.2. The maximum Gasteiger partial charge on any atom is 0.341 e. The number of rotatable bonds is 5. The number of nitrogens with zero attached hydrogens (tertiary/aromatic N) is 1. The summed E-state index contributed by atoms with van der Waals surface area (Å²) in [5, 5.41) is 0.264. The van der Waals surface area contributed by atoms with Gasteiger partial charge in [-0.2, -0.15) is 0 Å². The summed E-state index contributed by atoms with van der Waals surface area (Å²) in [5.41, 5.74) is 0.194. The van der Waals surface area contributed by atoms with Gasteiger partial charge in [-0.25, -0.2) is 9.78 Å². The van der Waals surface area contributed by atoms with Crippen molar-refractivity contribution in [2.45, 2.75) is 20.0 Å². The van der Waals surface area contributed by atoms with Crippen LogP contribution in [0.4, 0.5) is 0 Å². The molecule has 1 atom stereocenters. The Morgan fingerprint density at radius 3 is 2.76 bits per heavy atom. The number of hydrogen-bond acceptors (Lipinski definition) is 4. The summed E-state index contributed by atoms with van der Waals surface area (Å²) in [5.74, 6) is -0.536. The fourth-order valence-electron chi connectivity index (χ4n) is 1.13. The van der Waals surface area contributed by atoms with Crippen molar-refractivity contribution in [3.8, 4) is 0 Å². The minimum atomic E-state index is -0.536. The van der Waals surface area contributed by atoms with Gasteiger partial charge in [-0.15, -0.1) is 0 Å². The molecule has 0 saturated heterocycles. The number of halogens is 2. The standard InChI is InChI=1S/C11H13Cl2NO3/c1-3-16-6-7(2)17-11(15)8-4-5-9(12)14-10(8)13/h4-5,7H,3,6H2,1-2H3. The van der Waals surface area contributed by atoms with Crippen LogP contribution in [0.25, 0.3) is 0 Å². The molecule has 0 aliphatic carbocycles. The molecule has 4 nitrogen and oxygen atoms in total. The van der Waals surface area contributed by atoms with Crippen molar-refractivity contribution in [2.24, 2.45) is 0 Å². The maximum atomic E-state index is 11.7. The summed E-state index contributed by atoms with van der Waals surface area (Å²) < 4.78 is 10.3. The van der Waals surface area contributed by atoms with Gasteiger partial charge < -0.3 is 9.47 Å². The Balaban J connectivity index is 2.63. The van der Waals surface area contributed by atoms with Gasteiger partial charge >= 0.3 is 5.97 Å². The van der Waals surface area contributed by atoms with E-state index in [1.165, 1.54) is 12.1 Å². The first-order valence-electron chi connectivity index (χ1n) is 5.15. The number of pyridine rings is 1. The zero-order valence-electron chi connectivity index (χ0n) is 9.57. The Hall–Kier alpha value is -0.840. The Kier molecular flexibility index (Phi) is 5.68. The zero-order chi connectivity index (χ0) is 12.8. The largest absolute Gasteiger partial charge is 0.457 e. The van der Waals surface area contributed by atoms with Crippen LogP contribution in [0.5, 0.6) is 0 Å². The number of esters is 1. The SMILES string of the molecule is CCOCC(C)OC(=O)c1ccc(Cl)nc1Cl. The van der Waals surface area contributed by atoms with Crippen molar-refractivity contribution in [1.29, 1.82) is 0 Å². The van der Waals surface area contributed by atoms with Crippen molar-refractivity contribution in [2.75, 3.05) is 13.2 Å². The first-order chi connectivity index (χ1) is 8.04. The fraction of sp³-hybridized carbons (Fsp3) is 0.455. The monoisotopic (exact) mass is 277 g/mol. The minimum absolute atomic E-state index is 0.0334. The van der Waals surface area contributed by atoms with Crippen molar-refractivity contribution < 1.29 is 14.3 Å². The summed E-state index contributed by atoms with van der Waals surface area (Å²) in [7, 11) is 0. The van der Waals surface area contributed by atoms with Gasteiger partial charge in [0, 0.05) is 6.61 Å². The van der Waals surface area contributed by atoms with E-state index in [0.29, 0.717) is 13.2 Å². The highest BCUT2D eigenvalue weighted by Gasteiger charge is 2.16. The van der Waals surface area contributed by atoms with Crippen LogP contribution in [0.1, 0.15) is 24.2 Å². The first kappa shape index (κ1) is 14.2. The van der Waals surface area contributed by atoms with Crippen molar-refractivity contribution in [3.05, 3.63) is 28.0 Å². The second-order valence-electron chi connectivity index (χ2n) is 3.35. The number of carbonyl (C=O) groups excluding carboxylic acids is 1. The lowest BCUT2D eigenvalue weighted by molar-refractivity contribution is 0.00438. The maximum absolute atomic E-state index is 11.7. The first-order valence-corrected chi connectivity index (χ1v) is 5.91. The third-order valence-electron chi connectivity index (χ3n) is 1.90. The molecule has 94 valence electrons. The molecule has 6 heteroatoms. The molecule has 0 bridgehead atoms. The molecule has 0 N–H and O–H groups in total. The Morgan fingerprint density at radius 1 is 1.47 bits per heavy atom. The van der Waals surface area contributed by atoms with E-state index in [1.54, 1.807) is 6.92 Å². The van der Waals surface area contributed by atoms with Crippen molar-refractivity contribution in [3.63, 3.8) is 0 Å². The summed E-state index contributed by atoms with van der Waals surface area (Å²) >= 11 is 11.4. The van der Waals surface area contributed by atoms with Crippen LogP contribution < -0.4 is 0 Å². The van der Waals surface area contributed by atoms with Crippen LogP contribution in [0, 0.1) is 0 Å². The van der Waals surface area contributed by atoms with Crippen LogP contribution in [0.3, 0.4) is 0 Å². The topological polar surface area (TPSA) is 48.4 Å². The molecule has 1 aromatic heterocycles. The van der Waals surface area contributed by atoms with Gasteiger partial charge in [0.1, 0.15) is 16.4 Å². The molecule has 1 aromatic rings. The highest BCUT2D eigenvalue weighted by atomic mass is 35.5. The molecule has 1 heterocycles. The van der Waals surface area contributed by atoms with Gasteiger partial charge in [0.05, 0.1) is 12.2 Å². The Labute approximate surface area is 110 Å². The van der Waals surface area contributed by atoms with Crippen molar-refractivity contribution in [1.82, 2.24) is 4.98 Å². The molecule has 0 aliphatic heterocycles. The highest BCUT2D eigenvalue weighted by Crippen LogP contribution is 2.18. The number of hydrogen-bond donors (Lipinski definition) is 0. The van der Waals surface area contributed by atoms with Crippen LogP contribution in [-0.2, 0) is 9.47 Å². The third kappa shape index (κ3) is 4.50. The van der Waals surface area contributed by atoms with Crippen molar-refractivity contribution >= 4 is 29.2 Å². The number of ether oxygens (including phenoxy) is 2. The molecule has 0 fully saturated rings. The summed E-state index contributed by atoms with van der Waals surface area (Å²) in [6.45, 7) is 4.53. The molecule has 0 spiro atoms. The van der Waals surface area contributed by atoms with Gasteiger partial charge in [-0.3, -0.25) is 0 Å². The average molecular weight is 278 g/mol. The van der Waals surface area contributed by atoms with E-state index >= 15 is 0 Å². The number of aromatic nitrogens is 1. The molecule has 17 heavy (non-hydrogen) atoms. The molecule has 0 amide bonds. The Morgan fingerprint density at radius 2 is 2.18 bits per heavy atom. The predicted molar refractivity (Wildman–Crippen MR) is 65.6 cm³/mol. The molecule has 0 aromatic carbocycles. The second-order valence-corrected chi connectivity index (χ2v) is 4.09. The highest BCUT2D eigenvalue weighted by molar-refractivity contribution is 6.34. The molecular weight excluding hydrogens is 265 g/mol. The van der Waals surface area contributed by atoms with Crippen LogP contribution in [0.2, 0.25) is 10.3 Å². The van der Waals surface area contributed by atoms with E-state index in [4.69, 9.17) is 32.7 Å². The van der Waals surface area contributed by atoms with E-state index in [-0.39, 0.29) is 22.0 Å². The fourth-order valence-corrected chi connectivity index (χ4v) is 1.55. The average Bonchev–Trinajstić information content (AvgIpc) is 2.26. The molecule has 0 saturated carbocycles. The van der Waals surface area contributed by atoms with Crippen LogP contribution in [0.15, 0.2) is 12.1 Å². The molecule has 0 radical (unpaired) electrons. The van der Waals surface area contributed by atoms with Gasteiger partial charge in [0.15, 0.2) is 0 Å². The lowest BCUT2D eigenvalue weighted by Crippen LogP contribution is -2.20. The van der Waals surface area contributed by atoms with Gasteiger partial charge in [-0.05, 0) is 26.0 Å². The molecule has 1 rings (SSSR count). The Bertz CT molecular complexity index is 398. The van der Waals surface area contributed by atoms with Crippen LogP contribution in [-0.4, -0.2) is 30.3 Å². The van der Waals surface area contributed by atoms with Gasteiger partial charge in [-0.1, -0.05) is 23.2 Å². The quantitative estimate of drug-likeness (QED) is 0.613. The van der Waals surface area contributed by atoms with Gasteiger partial charge in [0.25, 0.3) is 0 Å². The lowest BCUT2D eigenvalue weighted by Gasteiger charge is -2.13. The van der Waals surface area contributed by atoms with E-state index in [2.05, 4.69) is 4.98 Å². The molecule has 0 aliphatic rings. The summed E-state index contributed by atoms with van der Waals surface area (Å²) in [6, 6.07) is 2.96. The van der Waals surface area contributed by atoms with E-state index in [1.807, 2.05) is 6.92 Å². The molecule has 1 unspecified atom stereocenters. The smallest absolute Gasteiger partial charge is 0.341 e. The zero-order valence-corrected chi connectivity index (χ0v) is 11.1. The number of carbonyl (C=O) groups is 1. The summed E-state index contributed by atoms with van der Waals surface area (Å²) in [4.78, 5) is 15.5. The van der Waals surface area contributed by atoms with Gasteiger partial charge in [0.2, 0.25) is 0 Å². The lowest BCUT2D eigenvalue weighted by atomic mass is 10.3. The van der Waals surface area contributed by atoms with Crippen LogP contribution >= 0.6 is 23.2 Å². The van der Waals surface area contributed by atoms with E-state index in [9.17, 15) is 4.79 Å². The minimum Gasteiger partial charge on any atom is -0.457 e. The van der Waals surface area contributed by atoms with E-state index < -0.39 is 5.97 Å². The van der Waals surface area contributed by atoms with E-state index in [0.717, 1.165) is 0 Å². The molecular formula is C11H13Cl2NO3. The second kappa shape index (κ2) is 6.79. The summed E-state index contributed by atoms with van der Waals surface area (Å²) in [6.07, 6.45) is -0.339. The predicted octanol–water partition coefficient (Wildman–Crippen LogP) is 2.97. The third-order valence-corrected chi connectivity index (χ3v) is 2.40.